The maximum atomic E-state index is 11.8. The van der Waals surface area contributed by atoms with E-state index in [9.17, 15) is 4.79 Å². The Morgan fingerprint density at radius 2 is 1.96 bits per heavy atom. The van der Waals surface area contributed by atoms with E-state index in [-0.39, 0.29) is 23.7 Å². The second-order valence-corrected chi connectivity index (χ2v) is 7.97. The second kappa shape index (κ2) is 10.3. The van der Waals surface area contributed by atoms with E-state index in [1.165, 1.54) is 5.56 Å². The molecular formula is C21H35N5O2. The summed E-state index contributed by atoms with van der Waals surface area (Å²) < 4.78 is 5.05. The molecule has 0 spiro atoms. The zero-order valence-electron chi connectivity index (χ0n) is 17.6. The maximum Gasteiger partial charge on any atom is 0.409 e. The Morgan fingerprint density at radius 3 is 2.57 bits per heavy atom. The Kier molecular flexibility index (Phi) is 8.11. The normalized spacial score (nSPS) is 17.3. The van der Waals surface area contributed by atoms with Gasteiger partial charge in [-0.25, -0.2) is 4.79 Å². The van der Waals surface area contributed by atoms with Crippen molar-refractivity contribution in [3.05, 3.63) is 35.9 Å². The van der Waals surface area contributed by atoms with Gasteiger partial charge in [0.25, 0.3) is 0 Å². The predicted octanol–water partition coefficient (Wildman–Crippen LogP) is 2.64. The van der Waals surface area contributed by atoms with Crippen LogP contribution in [-0.4, -0.2) is 54.8 Å². The first-order valence-electron chi connectivity index (χ1n) is 10.1. The van der Waals surface area contributed by atoms with E-state index in [2.05, 4.69) is 48.5 Å². The Bertz CT molecular complexity index is 639. The molecule has 4 N–H and O–H groups in total. The fourth-order valence-electron chi connectivity index (χ4n) is 3.42. The first-order valence-corrected chi connectivity index (χ1v) is 10.1. The van der Waals surface area contributed by atoms with Crippen molar-refractivity contribution in [2.75, 3.05) is 26.2 Å². The topological polar surface area (TPSA) is 92.0 Å². The van der Waals surface area contributed by atoms with E-state index in [4.69, 9.17) is 10.5 Å². The van der Waals surface area contributed by atoms with Crippen LogP contribution in [0.5, 0.6) is 0 Å². The summed E-state index contributed by atoms with van der Waals surface area (Å²) in [6.45, 7) is 10.5. The van der Waals surface area contributed by atoms with Gasteiger partial charge in [-0.15, -0.1) is 0 Å². The van der Waals surface area contributed by atoms with Crippen molar-refractivity contribution in [2.45, 2.75) is 58.2 Å². The number of amides is 1. The van der Waals surface area contributed by atoms with Crippen molar-refractivity contribution < 1.29 is 9.53 Å². The monoisotopic (exact) mass is 389 g/mol. The molecule has 1 amide bonds. The molecule has 0 aromatic heterocycles. The standard InChI is InChI=1S/C21H35N5O2/c1-5-28-20(27)26-13-11-18(12-14-26)24-19(22)23-15-21(3,4)25-16(2)17-9-7-6-8-10-17/h6-10,16,18,25H,5,11-15H2,1-4H3,(H3,22,23,24). The molecule has 0 bridgehead atoms. The van der Waals surface area contributed by atoms with Crippen LogP contribution in [0.4, 0.5) is 4.79 Å². The molecule has 28 heavy (non-hydrogen) atoms. The second-order valence-electron chi connectivity index (χ2n) is 7.97. The van der Waals surface area contributed by atoms with Crippen LogP contribution in [0.2, 0.25) is 0 Å². The number of nitrogens with two attached hydrogens (primary N) is 1. The van der Waals surface area contributed by atoms with E-state index in [0.717, 1.165) is 12.8 Å². The fourth-order valence-corrected chi connectivity index (χ4v) is 3.42. The van der Waals surface area contributed by atoms with E-state index in [1.807, 2.05) is 25.1 Å². The zero-order valence-corrected chi connectivity index (χ0v) is 17.6. The molecule has 1 aromatic rings. The predicted molar refractivity (Wildman–Crippen MR) is 113 cm³/mol. The van der Waals surface area contributed by atoms with E-state index < -0.39 is 0 Å². The van der Waals surface area contributed by atoms with Gasteiger partial charge >= 0.3 is 6.09 Å². The van der Waals surface area contributed by atoms with Gasteiger partial charge in [0.05, 0.1) is 13.2 Å². The third-order valence-electron chi connectivity index (χ3n) is 4.92. The lowest BCUT2D eigenvalue weighted by Gasteiger charge is -2.32. The number of rotatable bonds is 7. The van der Waals surface area contributed by atoms with Gasteiger partial charge in [0, 0.05) is 30.7 Å². The van der Waals surface area contributed by atoms with E-state index in [1.54, 1.807) is 4.90 Å². The minimum atomic E-state index is -0.233. The Morgan fingerprint density at radius 1 is 1.32 bits per heavy atom. The molecule has 0 saturated carbocycles. The molecule has 1 aliphatic rings. The number of carbonyl (C=O) groups excluding carboxylic acids is 1. The molecule has 1 atom stereocenters. The van der Waals surface area contributed by atoms with Gasteiger partial charge in [-0.05, 0) is 46.1 Å². The number of hydrogen-bond acceptors (Lipinski definition) is 4. The van der Waals surface area contributed by atoms with Gasteiger partial charge in [0.1, 0.15) is 0 Å². The molecule has 1 fully saturated rings. The zero-order chi connectivity index (χ0) is 20.6. The van der Waals surface area contributed by atoms with Crippen molar-refractivity contribution >= 4 is 12.1 Å². The molecule has 156 valence electrons. The Labute approximate surface area is 168 Å². The largest absolute Gasteiger partial charge is 0.450 e. The number of guanidine groups is 1. The average Bonchev–Trinajstić information content (AvgIpc) is 2.67. The van der Waals surface area contributed by atoms with Crippen molar-refractivity contribution in [3.63, 3.8) is 0 Å². The summed E-state index contributed by atoms with van der Waals surface area (Å²) in [6, 6.07) is 10.8. The van der Waals surface area contributed by atoms with Crippen LogP contribution in [0, 0.1) is 0 Å². The van der Waals surface area contributed by atoms with E-state index >= 15 is 0 Å². The van der Waals surface area contributed by atoms with Crippen LogP contribution in [0.1, 0.15) is 52.1 Å². The van der Waals surface area contributed by atoms with Crippen LogP contribution < -0.4 is 16.4 Å². The summed E-state index contributed by atoms with van der Waals surface area (Å²) in [6.07, 6.45) is 1.44. The molecule has 1 unspecified atom stereocenters. The maximum absolute atomic E-state index is 11.8. The Balaban J connectivity index is 1.78. The van der Waals surface area contributed by atoms with Gasteiger partial charge in [-0.2, -0.15) is 0 Å². The first-order chi connectivity index (χ1) is 13.3. The number of hydrogen-bond donors (Lipinski definition) is 3. The summed E-state index contributed by atoms with van der Waals surface area (Å²) >= 11 is 0. The molecule has 7 nitrogen and oxygen atoms in total. The summed E-state index contributed by atoms with van der Waals surface area (Å²) in [5.74, 6) is 0.455. The summed E-state index contributed by atoms with van der Waals surface area (Å²) in [7, 11) is 0. The summed E-state index contributed by atoms with van der Waals surface area (Å²) in [4.78, 5) is 18.0. The Hall–Kier alpha value is -2.28. The highest BCUT2D eigenvalue weighted by Gasteiger charge is 2.24. The number of carbonyl (C=O) groups is 1. The van der Waals surface area contributed by atoms with Crippen LogP contribution in [0.3, 0.4) is 0 Å². The molecule has 2 rings (SSSR count). The van der Waals surface area contributed by atoms with Crippen molar-refractivity contribution in [1.82, 2.24) is 15.5 Å². The lowest BCUT2D eigenvalue weighted by Crippen LogP contribution is -2.49. The van der Waals surface area contributed by atoms with Crippen molar-refractivity contribution in [2.24, 2.45) is 10.7 Å². The first kappa shape index (κ1) is 22.0. The number of likely N-dealkylation sites (tertiary alicyclic amines) is 1. The van der Waals surface area contributed by atoms with Gasteiger partial charge in [-0.1, -0.05) is 30.3 Å². The van der Waals surface area contributed by atoms with Crippen molar-refractivity contribution in [1.29, 1.82) is 0 Å². The molecule has 1 heterocycles. The van der Waals surface area contributed by atoms with Gasteiger partial charge in [-0.3, -0.25) is 4.99 Å². The molecule has 1 aromatic carbocycles. The number of nitrogens with one attached hydrogen (secondary N) is 2. The van der Waals surface area contributed by atoms with Gasteiger partial charge < -0.3 is 26.0 Å². The lowest BCUT2D eigenvalue weighted by atomic mass is 10.0. The van der Waals surface area contributed by atoms with Crippen LogP contribution in [-0.2, 0) is 4.74 Å². The molecule has 1 saturated heterocycles. The minimum Gasteiger partial charge on any atom is -0.450 e. The molecular weight excluding hydrogens is 354 g/mol. The fraction of sp³-hybridized carbons (Fsp3) is 0.619. The van der Waals surface area contributed by atoms with Crippen LogP contribution in [0.15, 0.2) is 35.3 Å². The number of piperidine rings is 1. The number of ether oxygens (including phenoxy) is 1. The number of benzene rings is 1. The van der Waals surface area contributed by atoms with Gasteiger partial charge in [0.15, 0.2) is 5.96 Å². The van der Waals surface area contributed by atoms with Gasteiger partial charge in [0.2, 0.25) is 0 Å². The highest BCUT2D eigenvalue weighted by Crippen LogP contribution is 2.16. The molecule has 0 aliphatic carbocycles. The lowest BCUT2D eigenvalue weighted by molar-refractivity contribution is 0.0963. The molecule has 7 heteroatoms. The average molecular weight is 390 g/mol. The highest BCUT2D eigenvalue weighted by molar-refractivity contribution is 5.78. The highest BCUT2D eigenvalue weighted by atomic mass is 16.6. The van der Waals surface area contributed by atoms with Crippen LogP contribution >= 0.6 is 0 Å². The minimum absolute atomic E-state index is 0.186. The summed E-state index contributed by atoms with van der Waals surface area (Å²) in [5.41, 5.74) is 7.17. The molecule has 0 radical (unpaired) electrons. The summed E-state index contributed by atoms with van der Waals surface area (Å²) in [5, 5.41) is 6.90. The molecule has 1 aliphatic heterocycles. The third kappa shape index (κ3) is 7.03. The van der Waals surface area contributed by atoms with Crippen molar-refractivity contribution in [3.8, 4) is 0 Å². The number of nitrogens with zero attached hydrogens (tertiary/aromatic N) is 2. The number of aliphatic imine (C=N–C) groups is 1. The smallest absolute Gasteiger partial charge is 0.409 e. The third-order valence-corrected chi connectivity index (χ3v) is 4.92. The quantitative estimate of drug-likeness (QED) is 0.492. The van der Waals surface area contributed by atoms with Crippen LogP contribution in [0.25, 0.3) is 0 Å². The SMILES string of the molecule is CCOC(=O)N1CCC(NC(N)=NCC(C)(C)NC(C)c2ccccc2)CC1. The van der Waals surface area contributed by atoms with E-state index in [0.29, 0.717) is 32.2 Å².